The molecule has 114 valence electrons. The largest absolute Gasteiger partial charge is 0.497 e. The van der Waals surface area contributed by atoms with Gasteiger partial charge >= 0.3 is 0 Å². The molecule has 0 saturated carbocycles. The van der Waals surface area contributed by atoms with Crippen LogP contribution in [-0.2, 0) is 6.42 Å². The van der Waals surface area contributed by atoms with Crippen LogP contribution >= 0.6 is 0 Å². The van der Waals surface area contributed by atoms with Crippen molar-refractivity contribution in [2.45, 2.75) is 46.1 Å². The number of nitrogens with one attached hydrogen (secondary N) is 1. The van der Waals surface area contributed by atoms with Crippen molar-refractivity contribution in [3.8, 4) is 5.75 Å². The maximum absolute atomic E-state index is 13.8. The minimum absolute atomic E-state index is 0.162. The summed E-state index contributed by atoms with van der Waals surface area (Å²) in [5.74, 6) is -0.385. The van der Waals surface area contributed by atoms with E-state index in [4.69, 9.17) is 4.74 Å². The molecule has 0 aliphatic rings. The Balaban J connectivity index is 2.49. The van der Waals surface area contributed by atoms with Gasteiger partial charge in [0.05, 0.1) is 7.11 Å². The van der Waals surface area contributed by atoms with E-state index in [0.29, 0.717) is 18.4 Å². The van der Waals surface area contributed by atoms with Crippen molar-refractivity contribution in [1.82, 2.24) is 5.32 Å². The van der Waals surface area contributed by atoms with Crippen molar-refractivity contribution in [2.24, 2.45) is 5.92 Å². The fraction of sp³-hybridized carbons (Fsp3) is 0.625. The van der Waals surface area contributed by atoms with Crippen molar-refractivity contribution in [2.75, 3.05) is 13.7 Å². The summed E-state index contributed by atoms with van der Waals surface area (Å²) < 4.78 is 32.4. The van der Waals surface area contributed by atoms with Crippen LogP contribution in [0.15, 0.2) is 12.1 Å². The summed E-state index contributed by atoms with van der Waals surface area (Å²) >= 11 is 0. The van der Waals surface area contributed by atoms with E-state index in [2.05, 4.69) is 26.1 Å². The molecule has 2 nitrogen and oxygen atoms in total. The van der Waals surface area contributed by atoms with E-state index in [0.717, 1.165) is 19.4 Å². The molecule has 0 heterocycles. The monoisotopic (exact) mass is 285 g/mol. The average Bonchev–Trinajstić information content (AvgIpc) is 2.36. The molecule has 0 aliphatic carbocycles. The minimum Gasteiger partial charge on any atom is -0.497 e. The van der Waals surface area contributed by atoms with Crippen LogP contribution in [-0.4, -0.2) is 19.7 Å². The third-order valence-corrected chi connectivity index (χ3v) is 3.43. The summed E-state index contributed by atoms with van der Waals surface area (Å²) in [6.45, 7) is 7.26. The molecule has 20 heavy (non-hydrogen) atoms. The average molecular weight is 285 g/mol. The summed E-state index contributed by atoms with van der Waals surface area (Å²) in [6, 6.07) is 2.95. The Morgan fingerprint density at radius 3 is 2.20 bits per heavy atom. The standard InChI is InChI=1S/C16H25F2NO/c1-11(2)19-8-7-12(3)5-6-14-15(17)9-13(20-4)10-16(14)18/h9-12,19H,5-8H2,1-4H3. The Kier molecular flexibility index (Phi) is 6.93. The van der Waals surface area contributed by atoms with Crippen LogP contribution in [0.25, 0.3) is 0 Å². The zero-order valence-electron chi connectivity index (χ0n) is 12.8. The second-order valence-corrected chi connectivity index (χ2v) is 5.61. The predicted octanol–water partition coefficient (Wildman–Crippen LogP) is 3.93. The van der Waals surface area contributed by atoms with Crippen LogP contribution in [0.3, 0.4) is 0 Å². The highest BCUT2D eigenvalue weighted by molar-refractivity contribution is 5.30. The van der Waals surface area contributed by atoms with Gasteiger partial charge < -0.3 is 10.1 Å². The number of hydrogen-bond donors (Lipinski definition) is 1. The van der Waals surface area contributed by atoms with Crippen LogP contribution in [0.4, 0.5) is 8.78 Å². The molecular formula is C16H25F2NO. The molecule has 0 aliphatic heterocycles. The SMILES string of the molecule is COc1cc(F)c(CCC(C)CCNC(C)C)c(F)c1. The van der Waals surface area contributed by atoms with Crippen LogP contribution in [0, 0.1) is 17.6 Å². The van der Waals surface area contributed by atoms with Crippen molar-refractivity contribution >= 4 is 0 Å². The maximum atomic E-state index is 13.8. The third kappa shape index (κ3) is 5.45. The smallest absolute Gasteiger partial charge is 0.133 e. The summed E-state index contributed by atoms with van der Waals surface area (Å²) in [6.07, 6.45) is 2.21. The quantitative estimate of drug-likeness (QED) is 0.781. The third-order valence-electron chi connectivity index (χ3n) is 3.43. The Bertz CT molecular complexity index is 398. The Hall–Kier alpha value is -1.16. The Labute approximate surface area is 120 Å². The highest BCUT2D eigenvalue weighted by atomic mass is 19.1. The molecule has 1 rings (SSSR count). The maximum Gasteiger partial charge on any atom is 0.133 e. The van der Waals surface area contributed by atoms with Gasteiger partial charge in [-0.05, 0) is 31.7 Å². The molecular weight excluding hydrogens is 260 g/mol. The topological polar surface area (TPSA) is 21.3 Å². The van der Waals surface area contributed by atoms with Gasteiger partial charge in [0.1, 0.15) is 17.4 Å². The fourth-order valence-corrected chi connectivity index (χ4v) is 2.09. The summed E-state index contributed by atoms with van der Waals surface area (Å²) in [5.41, 5.74) is 0.162. The molecule has 1 aromatic rings. The van der Waals surface area contributed by atoms with Gasteiger partial charge in [0.25, 0.3) is 0 Å². The first-order chi connectivity index (χ1) is 9.43. The zero-order valence-corrected chi connectivity index (χ0v) is 12.8. The molecule has 1 N–H and O–H groups in total. The van der Waals surface area contributed by atoms with Crippen molar-refractivity contribution in [3.05, 3.63) is 29.3 Å². The molecule has 0 bridgehead atoms. The second kappa shape index (κ2) is 8.20. The summed E-state index contributed by atoms with van der Waals surface area (Å²) in [7, 11) is 1.40. The molecule has 0 radical (unpaired) electrons. The highest BCUT2D eigenvalue weighted by Gasteiger charge is 2.13. The van der Waals surface area contributed by atoms with Gasteiger partial charge in [-0.2, -0.15) is 0 Å². The normalized spacial score (nSPS) is 12.8. The number of ether oxygens (including phenoxy) is 1. The first-order valence-electron chi connectivity index (χ1n) is 7.19. The van der Waals surface area contributed by atoms with E-state index >= 15 is 0 Å². The lowest BCUT2D eigenvalue weighted by Gasteiger charge is -2.14. The lowest BCUT2D eigenvalue weighted by Crippen LogP contribution is -2.25. The first kappa shape index (κ1) is 16.9. The van der Waals surface area contributed by atoms with Crippen LogP contribution in [0.5, 0.6) is 5.75 Å². The van der Waals surface area contributed by atoms with Gasteiger partial charge in [0.2, 0.25) is 0 Å². The summed E-state index contributed by atoms with van der Waals surface area (Å²) in [4.78, 5) is 0. The van der Waals surface area contributed by atoms with E-state index < -0.39 is 11.6 Å². The number of hydrogen-bond acceptors (Lipinski definition) is 2. The van der Waals surface area contributed by atoms with Crippen molar-refractivity contribution in [1.29, 1.82) is 0 Å². The van der Waals surface area contributed by atoms with E-state index in [1.807, 2.05) is 0 Å². The van der Waals surface area contributed by atoms with Crippen LogP contribution in [0.2, 0.25) is 0 Å². The van der Waals surface area contributed by atoms with Gasteiger partial charge in [-0.25, -0.2) is 8.78 Å². The zero-order chi connectivity index (χ0) is 15.1. The predicted molar refractivity (Wildman–Crippen MR) is 78.2 cm³/mol. The number of benzene rings is 1. The van der Waals surface area contributed by atoms with E-state index in [1.54, 1.807) is 0 Å². The highest BCUT2D eigenvalue weighted by Crippen LogP contribution is 2.23. The minimum atomic E-state index is -0.519. The van der Waals surface area contributed by atoms with E-state index in [9.17, 15) is 8.78 Å². The Morgan fingerprint density at radius 2 is 1.70 bits per heavy atom. The van der Waals surface area contributed by atoms with Gasteiger partial charge in [0, 0.05) is 23.7 Å². The molecule has 0 spiro atoms. The van der Waals surface area contributed by atoms with Gasteiger partial charge in [-0.3, -0.25) is 0 Å². The number of rotatable bonds is 8. The lowest BCUT2D eigenvalue weighted by molar-refractivity contribution is 0.403. The van der Waals surface area contributed by atoms with E-state index in [-0.39, 0.29) is 11.3 Å². The molecule has 0 aromatic heterocycles. The van der Waals surface area contributed by atoms with Crippen LogP contribution in [0.1, 0.15) is 39.2 Å². The first-order valence-corrected chi connectivity index (χ1v) is 7.19. The molecule has 0 fully saturated rings. The fourth-order valence-electron chi connectivity index (χ4n) is 2.09. The van der Waals surface area contributed by atoms with Crippen molar-refractivity contribution < 1.29 is 13.5 Å². The molecule has 4 heteroatoms. The lowest BCUT2D eigenvalue weighted by atomic mass is 9.97. The van der Waals surface area contributed by atoms with Gasteiger partial charge in [-0.15, -0.1) is 0 Å². The second-order valence-electron chi connectivity index (χ2n) is 5.61. The Morgan fingerprint density at radius 1 is 1.10 bits per heavy atom. The molecule has 0 saturated heterocycles. The van der Waals surface area contributed by atoms with Gasteiger partial charge in [-0.1, -0.05) is 20.8 Å². The molecule has 0 amide bonds. The number of methoxy groups -OCH3 is 1. The molecule has 1 atom stereocenters. The molecule has 1 aromatic carbocycles. The van der Waals surface area contributed by atoms with Crippen molar-refractivity contribution in [3.63, 3.8) is 0 Å². The van der Waals surface area contributed by atoms with Gasteiger partial charge in [0.15, 0.2) is 0 Å². The van der Waals surface area contributed by atoms with E-state index in [1.165, 1.54) is 19.2 Å². The summed E-state index contributed by atoms with van der Waals surface area (Å²) in [5, 5.41) is 3.35. The van der Waals surface area contributed by atoms with Crippen LogP contribution < -0.4 is 10.1 Å². The molecule has 1 unspecified atom stereocenters. The number of halogens is 2.